The van der Waals surface area contributed by atoms with Gasteiger partial charge in [-0.15, -0.1) is 0 Å². The Bertz CT molecular complexity index is 108. The molecule has 0 amide bonds. The third-order valence-corrected chi connectivity index (χ3v) is 1.18. The summed E-state index contributed by atoms with van der Waals surface area (Å²) in [6.45, 7) is 1.40. The summed E-state index contributed by atoms with van der Waals surface area (Å²) in [5.41, 5.74) is 0. The highest BCUT2D eigenvalue weighted by atomic mass is 16.5. The van der Waals surface area contributed by atoms with E-state index in [4.69, 9.17) is 4.74 Å². The molecule has 0 atom stereocenters. The van der Waals surface area contributed by atoms with E-state index in [9.17, 15) is 4.79 Å². The van der Waals surface area contributed by atoms with Gasteiger partial charge in [0.2, 0.25) is 6.08 Å². The Kier molecular flexibility index (Phi) is 7.79. The molecule has 0 unspecified atom stereocenters. The van der Waals surface area contributed by atoms with Crippen molar-refractivity contribution in [3.63, 3.8) is 0 Å². The standard InChI is InChI=1S/C7H13NO2/c1-10-6-4-2-3-5-8-7-9/h2-6H2,1H3. The Morgan fingerprint density at radius 1 is 1.40 bits per heavy atom. The number of unbranched alkanes of at least 4 members (excludes halogenated alkanes) is 2. The van der Waals surface area contributed by atoms with Gasteiger partial charge in [0.15, 0.2) is 0 Å². The van der Waals surface area contributed by atoms with Gasteiger partial charge < -0.3 is 4.74 Å². The Morgan fingerprint density at radius 2 is 2.20 bits per heavy atom. The second kappa shape index (κ2) is 8.34. The van der Waals surface area contributed by atoms with Gasteiger partial charge >= 0.3 is 0 Å². The second-order valence-corrected chi connectivity index (χ2v) is 2.03. The number of methoxy groups -OCH3 is 1. The van der Waals surface area contributed by atoms with Crippen LogP contribution in [-0.2, 0) is 9.53 Å². The molecule has 58 valence electrons. The minimum absolute atomic E-state index is 0.604. The highest BCUT2D eigenvalue weighted by Crippen LogP contribution is 1.94. The minimum Gasteiger partial charge on any atom is -0.385 e. The smallest absolute Gasteiger partial charge is 0.234 e. The average Bonchev–Trinajstić information content (AvgIpc) is 1.97. The third kappa shape index (κ3) is 7.34. The molecule has 0 bridgehead atoms. The monoisotopic (exact) mass is 143 g/mol. The van der Waals surface area contributed by atoms with Crippen LogP contribution < -0.4 is 0 Å². The molecule has 0 rings (SSSR count). The van der Waals surface area contributed by atoms with Crippen LogP contribution >= 0.6 is 0 Å². The summed E-state index contributed by atoms with van der Waals surface area (Å²) in [6.07, 6.45) is 4.57. The summed E-state index contributed by atoms with van der Waals surface area (Å²) in [6, 6.07) is 0. The van der Waals surface area contributed by atoms with E-state index in [0.29, 0.717) is 6.54 Å². The maximum absolute atomic E-state index is 9.58. The summed E-state index contributed by atoms with van der Waals surface area (Å²) < 4.78 is 4.84. The Morgan fingerprint density at radius 3 is 2.80 bits per heavy atom. The van der Waals surface area contributed by atoms with Crippen LogP contribution in [0.15, 0.2) is 4.99 Å². The highest BCUT2D eigenvalue weighted by Gasteiger charge is 1.85. The van der Waals surface area contributed by atoms with Crippen LogP contribution in [-0.4, -0.2) is 26.3 Å². The van der Waals surface area contributed by atoms with Crippen LogP contribution in [0.1, 0.15) is 19.3 Å². The first kappa shape index (κ1) is 9.34. The molecule has 0 saturated heterocycles. The lowest BCUT2D eigenvalue weighted by Gasteiger charge is -1.95. The quantitative estimate of drug-likeness (QED) is 0.317. The molecule has 3 nitrogen and oxygen atoms in total. The van der Waals surface area contributed by atoms with Crippen molar-refractivity contribution in [3.05, 3.63) is 0 Å². The van der Waals surface area contributed by atoms with E-state index in [0.717, 1.165) is 25.9 Å². The zero-order valence-electron chi connectivity index (χ0n) is 6.30. The van der Waals surface area contributed by atoms with Crippen molar-refractivity contribution in [2.24, 2.45) is 4.99 Å². The number of nitrogens with zero attached hydrogens (tertiary/aromatic N) is 1. The fourth-order valence-electron chi connectivity index (χ4n) is 0.660. The topological polar surface area (TPSA) is 38.7 Å². The van der Waals surface area contributed by atoms with E-state index in [-0.39, 0.29) is 0 Å². The highest BCUT2D eigenvalue weighted by molar-refractivity contribution is 5.32. The summed E-state index contributed by atoms with van der Waals surface area (Å²) >= 11 is 0. The first-order chi connectivity index (χ1) is 4.91. The second-order valence-electron chi connectivity index (χ2n) is 2.03. The van der Waals surface area contributed by atoms with Crippen molar-refractivity contribution in [3.8, 4) is 0 Å². The lowest BCUT2D eigenvalue weighted by Crippen LogP contribution is -1.89. The van der Waals surface area contributed by atoms with Crippen molar-refractivity contribution in [2.45, 2.75) is 19.3 Å². The lowest BCUT2D eigenvalue weighted by atomic mass is 10.2. The number of hydrogen-bond acceptors (Lipinski definition) is 3. The van der Waals surface area contributed by atoms with Gasteiger partial charge in [-0.2, -0.15) is 0 Å². The Hall–Kier alpha value is -0.660. The summed E-state index contributed by atoms with van der Waals surface area (Å²) in [5, 5.41) is 0. The maximum atomic E-state index is 9.58. The normalized spacial score (nSPS) is 8.90. The van der Waals surface area contributed by atoms with Crippen molar-refractivity contribution in [1.29, 1.82) is 0 Å². The van der Waals surface area contributed by atoms with Gasteiger partial charge in [0, 0.05) is 13.7 Å². The third-order valence-electron chi connectivity index (χ3n) is 1.18. The molecule has 0 heterocycles. The Balaban J connectivity index is 2.83. The van der Waals surface area contributed by atoms with E-state index < -0.39 is 0 Å². The SMILES string of the molecule is COCCCCCN=C=O. The van der Waals surface area contributed by atoms with E-state index in [1.54, 1.807) is 7.11 Å². The van der Waals surface area contributed by atoms with Crippen molar-refractivity contribution >= 4 is 6.08 Å². The predicted octanol–water partition coefficient (Wildman–Crippen LogP) is 1.14. The van der Waals surface area contributed by atoms with Crippen LogP contribution in [0.5, 0.6) is 0 Å². The largest absolute Gasteiger partial charge is 0.385 e. The number of isocyanates is 1. The molecule has 0 saturated carbocycles. The fraction of sp³-hybridized carbons (Fsp3) is 0.857. The maximum Gasteiger partial charge on any atom is 0.234 e. The van der Waals surface area contributed by atoms with Crippen LogP contribution in [0.4, 0.5) is 0 Å². The molecule has 0 radical (unpaired) electrons. The first-order valence-corrected chi connectivity index (χ1v) is 3.44. The predicted molar refractivity (Wildman–Crippen MR) is 38.7 cm³/mol. The number of ether oxygens (including phenoxy) is 1. The molecule has 3 heteroatoms. The molecule has 0 fully saturated rings. The van der Waals surface area contributed by atoms with E-state index in [1.165, 1.54) is 6.08 Å². The first-order valence-electron chi connectivity index (χ1n) is 3.44. The summed E-state index contributed by atoms with van der Waals surface area (Å²) in [7, 11) is 1.68. The molecule has 0 aromatic rings. The zero-order chi connectivity index (χ0) is 7.66. The summed E-state index contributed by atoms with van der Waals surface area (Å²) in [4.78, 5) is 13.0. The van der Waals surface area contributed by atoms with E-state index in [1.807, 2.05) is 0 Å². The fourth-order valence-corrected chi connectivity index (χ4v) is 0.660. The molecule has 0 aromatic heterocycles. The molecule has 0 aliphatic rings. The molecule has 0 N–H and O–H groups in total. The molecule has 0 aliphatic heterocycles. The van der Waals surface area contributed by atoms with Gasteiger partial charge in [0.1, 0.15) is 0 Å². The number of hydrogen-bond donors (Lipinski definition) is 0. The van der Waals surface area contributed by atoms with Crippen LogP contribution in [0.3, 0.4) is 0 Å². The van der Waals surface area contributed by atoms with Gasteiger partial charge in [0.25, 0.3) is 0 Å². The van der Waals surface area contributed by atoms with Gasteiger partial charge in [-0.05, 0) is 19.3 Å². The van der Waals surface area contributed by atoms with Gasteiger partial charge in [-0.25, -0.2) is 9.79 Å². The van der Waals surface area contributed by atoms with Gasteiger partial charge in [-0.1, -0.05) is 0 Å². The zero-order valence-corrected chi connectivity index (χ0v) is 6.30. The Labute approximate surface area is 61.1 Å². The van der Waals surface area contributed by atoms with Crippen molar-refractivity contribution in [2.75, 3.05) is 20.3 Å². The molecular formula is C7H13NO2. The summed E-state index contributed by atoms with van der Waals surface area (Å²) in [5.74, 6) is 0. The van der Waals surface area contributed by atoms with Crippen molar-refractivity contribution < 1.29 is 9.53 Å². The van der Waals surface area contributed by atoms with E-state index >= 15 is 0 Å². The van der Waals surface area contributed by atoms with Crippen molar-refractivity contribution in [1.82, 2.24) is 0 Å². The number of rotatable bonds is 6. The van der Waals surface area contributed by atoms with Crippen LogP contribution in [0, 0.1) is 0 Å². The lowest BCUT2D eigenvalue weighted by molar-refractivity contribution is 0.192. The molecule has 0 spiro atoms. The number of carbonyl (C=O) groups excluding carboxylic acids is 1. The average molecular weight is 143 g/mol. The minimum atomic E-state index is 0.604. The molecule has 0 aliphatic carbocycles. The molecule has 10 heavy (non-hydrogen) atoms. The van der Waals surface area contributed by atoms with E-state index in [2.05, 4.69) is 4.99 Å². The number of aliphatic imine (C=N–C) groups is 1. The van der Waals surface area contributed by atoms with Crippen LogP contribution in [0.25, 0.3) is 0 Å². The van der Waals surface area contributed by atoms with Crippen LogP contribution in [0.2, 0.25) is 0 Å². The molecule has 0 aromatic carbocycles. The molecular weight excluding hydrogens is 130 g/mol. The van der Waals surface area contributed by atoms with Gasteiger partial charge in [-0.3, -0.25) is 0 Å². The van der Waals surface area contributed by atoms with Gasteiger partial charge in [0.05, 0.1) is 6.54 Å².